The number of likely N-dealkylation sites (tertiary alicyclic amines) is 1. The van der Waals surface area contributed by atoms with E-state index >= 15 is 0 Å². The summed E-state index contributed by atoms with van der Waals surface area (Å²) in [5.41, 5.74) is 1.74. The molecule has 1 aromatic rings. The lowest BCUT2D eigenvalue weighted by Crippen LogP contribution is -2.42. The topological polar surface area (TPSA) is 33.1 Å². The maximum absolute atomic E-state index is 4.25. The minimum atomic E-state index is 0.454. The van der Waals surface area contributed by atoms with Gasteiger partial charge in [0.05, 0.1) is 12.0 Å². The summed E-state index contributed by atoms with van der Waals surface area (Å²) in [4.78, 5) is 6.68. The molecule has 0 atom stereocenters. The average Bonchev–Trinajstić information content (AvgIpc) is 2.82. The van der Waals surface area contributed by atoms with E-state index in [4.69, 9.17) is 0 Å². The van der Waals surface area contributed by atoms with Crippen molar-refractivity contribution < 1.29 is 0 Å². The van der Waals surface area contributed by atoms with E-state index in [-0.39, 0.29) is 0 Å². The first-order valence-electron chi connectivity index (χ1n) is 7.40. The Morgan fingerprint density at radius 2 is 2.05 bits per heavy atom. The molecule has 0 amide bonds. The summed E-state index contributed by atoms with van der Waals surface area (Å²) < 4.78 is 2.24. The van der Waals surface area contributed by atoms with E-state index in [9.17, 15) is 0 Å². The number of nitrogens with zero attached hydrogens (tertiary/aromatic N) is 3. The third kappa shape index (κ3) is 3.80. The second-order valence-corrected chi connectivity index (χ2v) is 6.60. The number of imidazole rings is 1. The molecule has 2 rings (SSSR count). The lowest BCUT2D eigenvalue weighted by molar-refractivity contribution is 0.136. The van der Waals surface area contributed by atoms with Gasteiger partial charge in [0.25, 0.3) is 0 Å². The van der Waals surface area contributed by atoms with Crippen LogP contribution in [0.1, 0.15) is 45.3 Å². The van der Waals surface area contributed by atoms with Crippen molar-refractivity contribution in [3.8, 4) is 0 Å². The Hall–Kier alpha value is -0.870. The van der Waals surface area contributed by atoms with Crippen LogP contribution in [-0.4, -0.2) is 41.1 Å². The van der Waals surface area contributed by atoms with E-state index < -0.39 is 0 Å². The number of hydrogen-bond acceptors (Lipinski definition) is 3. The van der Waals surface area contributed by atoms with E-state index in [0.717, 1.165) is 13.1 Å². The van der Waals surface area contributed by atoms with Crippen molar-refractivity contribution >= 4 is 0 Å². The number of piperidine rings is 1. The van der Waals surface area contributed by atoms with Gasteiger partial charge in [-0.3, -0.25) is 0 Å². The van der Waals surface area contributed by atoms with Crippen molar-refractivity contribution in [2.24, 2.45) is 5.41 Å². The molecule has 1 saturated heterocycles. The SMILES string of the molecule is CC(C)n1cncc1CNCC1(C)CCN(C)CC1. The molecule has 4 heteroatoms. The Morgan fingerprint density at radius 1 is 1.37 bits per heavy atom. The quantitative estimate of drug-likeness (QED) is 0.886. The molecular weight excluding hydrogens is 236 g/mol. The second-order valence-electron chi connectivity index (χ2n) is 6.60. The van der Waals surface area contributed by atoms with Crippen molar-refractivity contribution in [3.63, 3.8) is 0 Å². The fourth-order valence-electron chi connectivity index (χ4n) is 2.76. The fourth-order valence-corrected chi connectivity index (χ4v) is 2.76. The molecule has 0 aromatic carbocycles. The van der Waals surface area contributed by atoms with Gasteiger partial charge in [0.15, 0.2) is 0 Å². The Balaban J connectivity index is 1.81. The van der Waals surface area contributed by atoms with Gasteiger partial charge in [0, 0.05) is 25.3 Å². The number of nitrogens with one attached hydrogen (secondary N) is 1. The molecule has 1 aliphatic rings. The maximum atomic E-state index is 4.25. The Labute approximate surface area is 117 Å². The van der Waals surface area contributed by atoms with Crippen LogP contribution in [0.4, 0.5) is 0 Å². The molecule has 108 valence electrons. The largest absolute Gasteiger partial charge is 0.331 e. The summed E-state index contributed by atoms with van der Waals surface area (Å²) in [6, 6.07) is 0.484. The van der Waals surface area contributed by atoms with Crippen molar-refractivity contribution in [2.75, 3.05) is 26.7 Å². The van der Waals surface area contributed by atoms with Crippen LogP contribution in [0.5, 0.6) is 0 Å². The number of rotatable bonds is 5. The molecule has 0 spiro atoms. The highest BCUT2D eigenvalue weighted by Gasteiger charge is 2.28. The van der Waals surface area contributed by atoms with Crippen LogP contribution in [0, 0.1) is 5.41 Å². The van der Waals surface area contributed by atoms with Gasteiger partial charge >= 0.3 is 0 Å². The second kappa shape index (κ2) is 6.06. The van der Waals surface area contributed by atoms with E-state index in [1.54, 1.807) is 0 Å². The predicted molar refractivity (Wildman–Crippen MR) is 79.2 cm³/mol. The number of hydrogen-bond donors (Lipinski definition) is 1. The van der Waals surface area contributed by atoms with Crippen molar-refractivity contribution in [2.45, 2.75) is 46.2 Å². The third-order valence-corrected chi connectivity index (χ3v) is 4.35. The monoisotopic (exact) mass is 264 g/mol. The lowest BCUT2D eigenvalue weighted by atomic mass is 9.80. The first-order chi connectivity index (χ1) is 9.00. The minimum absolute atomic E-state index is 0.454. The van der Waals surface area contributed by atoms with Gasteiger partial charge in [-0.25, -0.2) is 4.98 Å². The minimum Gasteiger partial charge on any atom is -0.331 e. The van der Waals surface area contributed by atoms with Crippen LogP contribution in [0.3, 0.4) is 0 Å². The fraction of sp³-hybridized carbons (Fsp3) is 0.800. The predicted octanol–water partition coefficient (Wildman–Crippen LogP) is 2.29. The summed E-state index contributed by atoms with van der Waals surface area (Å²) in [6.07, 6.45) is 6.49. The summed E-state index contributed by atoms with van der Waals surface area (Å²) in [7, 11) is 2.22. The van der Waals surface area contributed by atoms with Crippen molar-refractivity contribution in [1.29, 1.82) is 0 Å². The van der Waals surface area contributed by atoms with Gasteiger partial charge < -0.3 is 14.8 Å². The smallest absolute Gasteiger partial charge is 0.0951 e. The molecule has 0 aliphatic carbocycles. The van der Waals surface area contributed by atoms with Crippen LogP contribution < -0.4 is 5.32 Å². The zero-order valence-electron chi connectivity index (χ0n) is 12.8. The van der Waals surface area contributed by atoms with Crippen LogP contribution in [0.2, 0.25) is 0 Å². The van der Waals surface area contributed by atoms with Gasteiger partial charge in [-0.1, -0.05) is 6.92 Å². The van der Waals surface area contributed by atoms with Crippen molar-refractivity contribution in [1.82, 2.24) is 19.8 Å². The molecule has 19 heavy (non-hydrogen) atoms. The third-order valence-electron chi connectivity index (χ3n) is 4.35. The van der Waals surface area contributed by atoms with Gasteiger partial charge in [-0.05, 0) is 52.2 Å². The maximum Gasteiger partial charge on any atom is 0.0951 e. The van der Waals surface area contributed by atoms with E-state index in [2.05, 4.69) is 47.6 Å². The van der Waals surface area contributed by atoms with E-state index in [1.165, 1.54) is 31.6 Å². The molecule has 0 saturated carbocycles. The zero-order valence-corrected chi connectivity index (χ0v) is 12.8. The van der Waals surface area contributed by atoms with Gasteiger partial charge in [-0.2, -0.15) is 0 Å². The van der Waals surface area contributed by atoms with Gasteiger partial charge in [-0.15, -0.1) is 0 Å². The zero-order chi connectivity index (χ0) is 13.9. The lowest BCUT2D eigenvalue weighted by Gasteiger charge is -2.38. The highest BCUT2D eigenvalue weighted by Crippen LogP contribution is 2.29. The van der Waals surface area contributed by atoms with Crippen LogP contribution in [0.15, 0.2) is 12.5 Å². The summed E-state index contributed by atoms with van der Waals surface area (Å²) in [5, 5.41) is 3.63. The first-order valence-corrected chi connectivity index (χ1v) is 7.40. The van der Waals surface area contributed by atoms with Gasteiger partial charge in [0.1, 0.15) is 0 Å². The summed E-state index contributed by atoms with van der Waals surface area (Å²) >= 11 is 0. The molecule has 2 heterocycles. The first kappa shape index (κ1) is 14.5. The Kier molecular flexibility index (Phi) is 4.63. The molecule has 0 bridgehead atoms. The van der Waals surface area contributed by atoms with Crippen LogP contribution in [0.25, 0.3) is 0 Å². The Morgan fingerprint density at radius 3 is 2.68 bits per heavy atom. The normalized spacial score (nSPS) is 20.1. The number of aromatic nitrogens is 2. The van der Waals surface area contributed by atoms with Crippen molar-refractivity contribution in [3.05, 3.63) is 18.2 Å². The summed E-state index contributed by atoms with van der Waals surface area (Å²) in [5.74, 6) is 0. The standard InChI is InChI=1S/C15H28N4/c1-13(2)19-12-17-10-14(19)9-16-11-15(3)5-7-18(4)8-6-15/h10,12-13,16H,5-9,11H2,1-4H3. The molecule has 1 fully saturated rings. The average molecular weight is 264 g/mol. The molecule has 1 aliphatic heterocycles. The highest BCUT2D eigenvalue weighted by molar-refractivity contribution is 4.99. The van der Waals surface area contributed by atoms with Crippen LogP contribution in [-0.2, 0) is 6.54 Å². The molecule has 0 radical (unpaired) electrons. The highest BCUT2D eigenvalue weighted by atomic mass is 15.1. The Bertz CT molecular complexity index is 389. The molecule has 0 unspecified atom stereocenters. The summed E-state index contributed by atoms with van der Waals surface area (Å²) in [6.45, 7) is 11.3. The van der Waals surface area contributed by atoms with Gasteiger partial charge in [0.2, 0.25) is 0 Å². The molecule has 4 nitrogen and oxygen atoms in total. The molecular formula is C15H28N4. The van der Waals surface area contributed by atoms with E-state index in [1.807, 2.05) is 12.5 Å². The molecule has 1 aromatic heterocycles. The van der Waals surface area contributed by atoms with Crippen LogP contribution >= 0.6 is 0 Å². The van der Waals surface area contributed by atoms with E-state index in [0.29, 0.717) is 11.5 Å². The molecule has 1 N–H and O–H groups in total.